The van der Waals surface area contributed by atoms with Gasteiger partial charge in [0.25, 0.3) is 5.91 Å². The van der Waals surface area contributed by atoms with Crippen molar-refractivity contribution in [3.05, 3.63) is 46.2 Å². The second-order valence-corrected chi connectivity index (χ2v) is 5.38. The minimum absolute atomic E-state index is 0.221. The highest BCUT2D eigenvalue weighted by Crippen LogP contribution is 2.27. The summed E-state index contributed by atoms with van der Waals surface area (Å²) in [7, 11) is 1.59. The van der Waals surface area contributed by atoms with E-state index in [4.69, 9.17) is 9.47 Å². The molecule has 0 bridgehead atoms. The molecule has 1 aromatic carbocycles. The lowest BCUT2D eigenvalue weighted by molar-refractivity contribution is 0.0959. The number of carbonyl (C=O) groups excluding carboxylic acids is 1. The molecule has 0 atom stereocenters. The highest BCUT2D eigenvalue weighted by molar-refractivity contribution is 7.12. The Hall–Kier alpha value is -2.34. The Kier molecular flexibility index (Phi) is 5.97. The van der Waals surface area contributed by atoms with Crippen LogP contribution in [0.2, 0.25) is 0 Å². The summed E-state index contributed by atoms with van der Waals surface area (Å²) in [5.41, 5.74) is 3.30. The van der Waals surface area contributed by atoms with E-state index in [9.17, 15) is 4.79 Å². The van der Waals surface area contributed by atoms with E-state index >= 15 is 0 Å². The largest absolute Gasteiger partial charge is 0.493 e. The number of carbonyl (C=O) groups is 1. The number of hydrazone groups is 1. The van der Waals surface area contributed by atoms with Crippen LogP contribution in [0.1, 0.15) is 28.6 Å². The van der Waals surface area contributed by atoms with Gasteiger partial charge in [-0.25, -0.2) is 5.43 Å². The number of thiophene rings is 1. The van der Waals surface area contributed by atoms with Gasteiger partial charge in [0, 0.05) is 0 Å². The van der Waals surface area contributed by atoms with Crippen LogP contribution in [-0.2, 0) is 0 Å². The summed E-state index contributed by atoms with van der Waals surface area (Å²) in [6.45, 7) is 2.68. The van der Waals surface area contributed by atoms with Crippen LogP contribution < -0.4 is 14.9 Å². The maximum Gasteiger partial charge on any atom is 0.281 e. The Labute approximate surface area is 133 Å². The molecule has 0 aliphatic rings. The third-order valence-corrected chi connectivity index (χ3v) is 3.64. The zero-order chi connectivity index (χ0) is 15.8. The van der Waals surface area contributed by atoms with Crippen LogP contribution in [0.15, 0.2) is 40.8 Å². The zero-order valence-corrected chi connectivity index (χ0v) is 13.4. The first-order valence-electron chi connectivity index (χ1n) is 6.92. The van der Waals surface area contributed by atoms with E-state index in [1.807, 2.05) is 36.6 Å². The van der Waals surface area contributed by atoms with E-state index in [0.29, 0.717) is 23.0 Å². The average molecular weight is 318 g/mol. The molecule has 0 unspecified atom stereocenters. The van der Waals surface area contributed by atoms with Crippen molar-refractivity contribution in [1.29, 1.82) is 0 Å². The number of amides is 1. The fraction of sp³-hybridized carbons (Fsp3) is 0.250. The molecule has 1 amide bonds. The van der Waals surface area contributed by atoms with Crippen LogP contribution in [0.25, 0.3) is 0 Å². The van der Waals surface area contributed by atoms with Gasteiger partial charge in [-0.2, -0.15) is 5.10 Å². The van der Waals surface area contributed by atoms with Gasteiger partial charge in [0.1, 0.15) is 0 Å². The number of ether oxygens (including phenoxy) is 2. The highest BCUT2D eigenvalue weighted by atomic mass is 32.1. The first-order chi connectivity index (χ1) is 10.7. The standard InChI is InChI=1S/C16H18N2O3S/c1-3-8-21-13-7-6-12(10-14(13)20-2)11-17-18-16(19)15-5-4-9-22-15/h4-7,9-11H,3,8H2,1-2H3,(H,18,19)/b17-11-. The van der Waals surface area contributed by atoms with Gasteiger partial charge in [0.2, 0.25) is 0 Å². The topological polar surface area (TPSA) is 59.9 Å². The third-order valence-electron chi connectivity index (χ3n) is 2.77. The number of hydrogen-bond donors (Lipinski definition) is 1. The molecule has 2 rings (SSSR count). The molecule has 5 nitrogen and oxygen atoms in total. The van der Waals surface area contributed by atoms with Crippen molar-refractivity contribution in [2.45, 2.75) is 13.3 Å². The molecule has 0 fully saturated rings. The summed E-state index contributed by atoms with van der Waals surface area (Å²) in [6.07, 6.45) is 2.50. The second-order valence-electron chi connectivity index (χ2n) is 4.44. The van der Waals surface area contributed by atoms with Crippen LogP contribution in [0.4, 0.5) is 0 Å². The van der Waals surface area contributed by atoms with Gasteiger partial charge in [-0.3, -0.25) is 4.79 Å². The van der Waals surface area contributed by atoms with Crippen molar-refractivity contribution in [2.75, 3.05) is 13.7 Å². The van der Waals surface area contributed by atoms with Gasteiger partial charge in [0.15, 0.2) is 11.5 Å². The van der Waals surface area contributed by atoms with Crippen LogP contribution in [0.3, 0.4) is 0 Å². The van der Waals surface area contributed by atoms with Crippen LogP contribution >= 0.6 is 11.3 Å². The minimum atomic E-state index is -0.221. The predicted octanol–water partition coefficient (Wildman–Crippen LogP) is 3.31. The predicted molar refractivity (Wildman–Crippen MR) is 88.2 cm³/mol. The lowest BCUT2D eigenvalue weighted by atomic mass is 10.2. The number of nitrogens with one attached hydrogen (secondary N) is 1. The SMILES string of the molecule is CCCOc1ccc(/C=N\NC(=O)c2cccs2)cc1OC. The Morgan fingerprint density at radius 2 is 2.23 bits per heavy atom. The fourth-order valence-electron chi connectivity index (χ4n) is 1.72. The normalized spacial score (nSPS) is 10.6. The highest BCUT2D eigenvalue weighted by Gasteiger charge is 2.06. The van der Waals surface area contributed by atoms with E-state index in [0.717, 1.165) is 12.0 Å². The average Bonchev–Trinajstić information content (AvgIpc) is 3.07. The summed E-state index contributed by atoms with van der Waals surface area (Å²) < 4.78 is 10.9. The lowest BCUT2D eigenvalue weighted by Crippen LogP contribution is -2.16. The quantitative estimate of drug-likeness (QED) is 0.629. The molecule has 0 spiro atoms. The molecule has 0 aliphatic carbocycles. The molecule has 2 aromatic rings. The molecular formula is C16H18N2O3S. The van der Waals surface area contributed by atoms with Gasteiger partial charge in [-0.1, -0.05) is 13.0 Å². The van der Waals surface area contributed by atoms with Crippen molar-refractivity contribution in [3.8, 4) is 11.5 Å². The van der Waals surface area contributed by atoms with E-state index in [1.54, 1.807) is 19.4 Å². The van der Waals surface area contributed by atoms with Crippen molar-refractivity contribution < 1.29 is 14.3 Å². The second kappa shape index (κ2) is 8.19. The maximum atomic E-state index is 11.7. The monoisotopic (exact) mass is 318 g/mol. The van der Waals surface area contributed by atoms with Crippen molar-refractivity contribution in [3.63, 3.8) is 0 Å². The Morgan fingerprint density at radius 3 is 2.91 bits per heavy atom. The minimum Gasteiger partial charge on any atom is -0.493 e. The first-order valence-corrected chi connectivity index (χ1v) is 7.80. The molecule has 1 heterocycles. The van der Waals surface area contributed by atoms with E-state index in [-0.39, 0.29) is 5.91 Å². The number of hydrogen-bond acceptors (Lipinski definition) is 5. The van der Waals surface area contributed by atoms with E-state index in [1.165, 1.54) is 11.3 Å². The van der Waals surface area contributed by atoms with Gasteiger partial charge >= 0.3 is 0 Å². The third kappa shape index (κ3) is 4.33. The number of rotatable bonds is 7. The van der Waals surface area contributed by atoms with Gasteiger partial charge in [0.05, 0.1) is 24.8 Å². The van der Waals surface area contributed by atoms with Gasteiger partial charge in [-0.15, -0.1) is 11.3 Å². The van der Waals surface area contributed by atoms with Crippen LogP contribution in [-0.4, -0.2) is 25.8 Å². The summed E-state index contributed by atoms with van der Waals surface area (Å²) in [5.74, 6) is 1.12. The zero-order valence-electron chi connectivity index (χ0n) is 12.5. The lowest BCUT2D eigenvalue weighted by Gasteiger charge is -2.10. The molecule has 6 heteroatoms. The molecule has 1 aromatic heterocycles. The summed E-state index contributed by atoms with van der Waals surface area (Å²) in [6, 6.07) is 9.07. The van der Waals surface area contributed by atoms with Crippen molar-refractivity contribution in [1.82, 2.24) is 5.43 Å². The molecule has 1 N–H and O–H groups in total. The Balaban J connectivity index is 2.00. The van der Waals surface area contributed by atoms with Crippen LogP contribution in [0.5, 0.6) is 11.5 Å². The van der Waals surface area contributed by atoms with E-state index < -0.39 is 0 Å². The molecule has 0 saturated carbocycles. The van der Waals surface area contributed by atoms with Gasteiger partial charge < -0.3 is 9.47 Å². The molecule has 22 heavy (non-hydrogen) atoms. The summed E-state index contributed by atoms with van der Waals surface area (Å²) in [4.78, 5) is 12.4. The Bertz CT molecular complexity index is 639. The number of nitrogens with zero attached hydrogens (tertiary/aromatic N) is 1. The first kappa shape index (κ1) is 16.0. The summed E-state index contributed by atoms with van der Waals surface area (Å²) in [5, 5.41) is 5.80. The van der Waals surface area contributed by atoms with Crippen LogP contribution in [0, 0.1) is 0 Å². The molecule has 0 saturated heterocycles. The molecular weight excluding hydrogens is 300 g/mol. The van der Waals surface area contributed by atoms with Gasteiger partial charge in [-0.05, 0) is 41.6 Å². The smallest absolute Gasteiger partial charge is 0.281 e. The summed E-state index contributed by atoms with van der Waals surface area (Å²) >= 11 is 1.37. The molecule has 0 aliphatic heterocycles. The van der Waals surface area contributed by atoms with Crippen molar-refractivity contribution >= 4 is 23.5 Å². The number of benzene rings is 1. The Morgan fingerprint density at radius 1 is 1.36 bits per heavy atom. The fourth-order valence-corrected chi connectivity index (χ4v) is 2.34. The van der Waals surface area contributed by atoms with E-state index in [2.05, 4.69) is 10.5 Å². The molecule has 116 valence electrons. The number of methoxy groups -OCH3 is 1. The maximum absolute atomic E-state index is 11.7. The van der Waals surface area contributed by atoms with Crippen molar-refractivity contribution in [2.24, 2.45) is 5.10 Å². The molecule has 0 radical (unpaired) electrons.